The van der Waals surface area contributed by atoms with E-state index >= 15 is 0 Å². The third-order valence-corrected chi connectivity index (χ3v) is 3.47. The number of aldehydes is 1. The predicted octanol–water partition coefficient (Wildman–Crippen LogP) is 3.04. The van der Waals surface area contributed by atoms with E-state index < -0.39 is 0 Å². The summed E-state index contributed by atoms with van der Waals surface area (Å²) in [5, 5.41) is 0. The molecule has 2 aromatic rings. The molecule has 0 saturated heterocycles. The quantitative estimate of drug-likeness (QED) is 0.774. The SMILES string of the molecule is CC1Cc2ccccc2N1Cc1ccc(C=O)o1. The third kappa shape index (κ3) is 1.82. The average Bonchev–Trinajstić information content (AvgIpc) is 2.96. The Morgan fingerprint density at radius 3 is 2.94 bits per heavy atom. The molecule has 0 bridgehead atoms. The van der Waals surface area contributed by atoms with Crippen molar-refractivity contribution >= 4 is 12.0 Å². The number of rotatable bonds is 3. The molecule has 0 radical (unpaired) electrons. The number of fused-ring (bicyclic) bond motifs is 1. The number of anilines is 1. The topological polar surface area (TPSA) is 33.5 Å². The first-order valence-corrected chi connectivity index (χ1v) is 6.16. The summed E-state index contributed by atoms with van der Waals surface area (Å²) < 4.78 is 5.45. The maximum atomic E-state index is 10.6. The molecule has 0 fully saturated rings. The van der Waals surface area contributed by atoms with Crippen molar-refractivity contribution in [2.75, 3.05) is 4.90 Å². The summed E-state index contributed by atoms with van der Waals surface area (Å²) in [6, 6.07) is 12.5. The van der Waals surface area contributed by atoms with Crippen LogP contribution in [0.25, 0.3) is 0 Å². The summed E-state index contributed by atoms with van der Waals surface area (Å²) in [7, 11) is 0. The number of hydrogen-bond acceptors (Lipinski definition) is 3. The van der Waals surface area contributed by atoms with Crippen LogP contribution >= 0.6 is 0 Å². The molecule has 1 aliphatic rings. The van der Waals surface area contributed by atoms with Crippen LogP contribution in [0.2, 0.25) is 0 Å². The molecule has 0 N–H and O–H groups in total. The van der Waals surface area contributed by atoms with Crippen molar-refractivity contribution in [2.24, 2.45) is 0 Å². The van der Waals surface area contributed by atoms with E-state index in [1.54, 1.807) is 6.07 Å². The number of nitrogens with zero attached hydrogens (tertiary/aromatic N) is 1. The Morgan fingerprint density at radius 1 is 1.33 bits per heavy atom. The fraction of sp³-hybridized carbons (Fsp3) is 0.267. The van der Waals surface area contributed by atoms with Crippen LogP contribution < -0.4 is 4.90 Å². The van der Waals surface area contributed by atoms with Crippen molar-refractivity contribution < 1.29 is 9.21 Å². The average molecular weight is 241 g/mol. The lowest BCUT2D eigenvalue weighted by Crippen LogP contribution is -2.28. The summed E-state index contributed by atoms with van der Waals surface area (Å²) in [6.07, 6.45) is 1.81. The lowest BCUT2D eigenvalue weighted by Gasteiger charge is -2.23. The van der Waals surface area contributed by atoms with Crippen molar-refractivity contribution in [3.05, 3.63) is 53.5 Å². The molecule has 92 valence electrons. The first-order chi connectivity index (χ1) is 8.78. The number of hydrogen-bond donors (Lipinski definition) is 0. The van der Waals surface area contributed by atoms with Gasteiger partial charge >= 0.3 is 0 Å². The molecule has 1 aliphatic heterocycles. The zero-order chi connectivity index (χ0) is 12.5. The fourth-order valence-corrected chi connectivity index (χ4v) is 2.58. The molecule has 0 spiro atoms. The van der Waals surface area contributed by atoms with E-state index in [4.69, 9.17) is 4.42 Å². The van der Waals surface area contributed by atoms with Gasteiger partial charge in [0, 0.05) is 11.7 Å². The maximum Gasteiger partial charge on any atom is 0.185 e. The maximum absolute atomic E-state index is 10.6. The molecule has 1 atom stereocenters. The lowest BCUT2D eigenvalue weighted by molar-refractivity contribution is 0.109. The number of furan rings is 1. The highest BCUT2D eigenvalue weighted by Crippen LogP contribution is 2.33. The van der Waals surface area contributed by atoms with Crippen LogP contribution in [-0.4, -0.2) is 12.3 Å². The Morgan fingerprint density at radius 2 is 2.17 bits per heavy atom. The Bertz CT molecular complexity index is 573. The van der Waals surface area contributed by atoms with Gasteiger partial charge in [0.1, 0.15) is 5.76 Å². The predicted molar refractivity (Wildman–Crippen MR) is 69.9 cm³/mol. The van der Waals surface area contributed by atoms with E-state index in [0.717, 1.165) is 18.5 Å². The van der Waals surface area contributed by atoms with Gasteiger partial charge in [-0.05, 0) is 37.1 Å². The van der Waals surface area contributed by atoms with Gasteiger partial charge in [-0.25, -0.2) is 0 Å². The third-order valence-electron chi connectivity index (χ3n) is 3.47. The Hall–Kier alpha value is -2.03. The standard InChI is InChI=1S/C15H15NO2/c1-11-8-12-4-2-3-5-15(12)16(11)9-13-6-7-14(10-17)18-13/h2-7,10-11H,8-9H2,1H3. The van der Waals surface area contributed by atoms with Crippen molar-refractivity contribution in [3.63, 3.8) is 0 Å². The van der Waals surface area contributed by atoms with E-state index in [0.29, 0.717) is 18.3 Å². The molecular weight excluding hydrogens is 226 g/mol. The molecule has 0 aliphatic carbocycles. The molecule has 3 nitrogen and oxygen atoms in total. The van der Waals surface area contributed by atoms with Gasteiger partial charge in [0.2, 0.25) is 0 Å². The van der Waals surface area contributed by atoms with Crippen molar-refractivity contribution in [1.82, 2.24) is 0 Å². The summed E-state index contributed by atoms with van der Waals surface area (Å²) in [5.41, 5.74) is 2.65. The molecule has 3 rings (SSSR count). The first-order valence-electron chi connectivity index (χ1n) is 6.16. The van der Waals surface area contributed by atoms with Gasteiger partial charge < -0.3 is 9.32 Å². The first kappa shape index (κ1) is 11.1. The number of para-hydroxylation sites is 1. The summed E-state index contributed by atoms with van der Waals surface area (Å²) in [5.74, 6) is 1.23. The summed E-state index contributed by atoms with van der Waals surface area (Å²) in [4.78, 5) is 12.9. The van der Waals surface area contributed by atoms with Gasteiger partial charge in [-0.15, -0.1) is 0 Å². The fourth-order valence-electron chi connectivity index (χ4n) is 2.58. The molecule has 18 heavy (non-hydrogen) atoms. The van der Waals surface area contributed by atoms with Crippen LogP contribution in [0.1, 0.15) is 28.8 Å². The van der Waals surface area contributed by atoms with Gasteiger partial charge in [0.15, 0.2) is 12.0 Å². The summed E-state index contributed by atoms with van der Waals surface area (Å²) in [6.45, 7) is 2.93. The van der Waals surface area contributed by atoms with Crippen LogP contribution in [0.3, 0.4) is 0 Å². The van der Waals surface area contributed by atoms with Crippen LogP contribution in [-0.2, 0) is 13.0 Å². The van der Waals surface area contributed by atoms with Gasteiger partial charge in [-0.1, -0.05) is 18.2 Å². The smallest absolute Gasteiger partial charge is 0.185 e. The van der Waals surface area contributed by atoms with Gasteiger partial charge in [0.25, 0.3) is 0 Å². The second-order valence-electron chi connectivity index (χ2n) is 4.73. The van der Waals surface area contributed by atoms with Crippen molar-refractivity contribution in [1.29, 1.82) is 0 Å². The van der Waals surface area contributed by atoms with E-state index in [9.17, 15) is 4.79 Å². The Labute approximate surface area is 106 Å². The highest BCUT2D eigenvalue weighted by Gasteiger charge is 2.26. The van der Waals surface area contributed by atoms with E-state index in [1.165, 1.54) is 11.3 Å². The van der Waals surface area contributed by atoms with Crippen LogP contribution in [0.4, 0.5) is 5.69 Å². The van der Waals surface area contributed by atoms with E-state index in [2.05, 4.69) is 36.1 Å². The minimum atomic E-state index is 0.394. The van der Waals surface area contributed by atoms with Gasteiger partial charge in [0.05, 0.1) is 6.54 Å². The van der Waals surface area contributed by atoms with Crippen molar-refractivity contribution in [3.8, 4) is 0 Å². The molecule has 0 saturated carbocycles. The Kier molecular flexibility index (Phi) is 2.67. The number of carbonyl (C=O) groups excluding carboxylic acids is 1. The highest BCUT2D eigenvalue weighted by atomic mass is 16.3. The largest absolute Gasteiger partial charge is 0.456 e. The van der Waals surface area contributed by atoms with E-state index in [-0.39, 0.29) is 0 Å². The molecule has 3 heteroatoms. The number of carbonyl (C=O) groups is 1. The van der Waals surface area contributed by atoms with Crippen LogP contribution in [0.15, 0.2) is 40.8 Å². The zero-order valence-corrected chi connectivity index (χ0v) is 10.3. The highest BCUT2D eigenvalue weighted by molar-refractivity contribution is 5.70. The minimum absolute atomic E-state index is 0.394. The monoisotopic (exact) mass is 241 g/mol. The molecular formula is C15H15NO2. The minimum Gasteiger partial charge on any atom is -0.456 e. The molecule has 1 aromatic carbocycles. The second-order valence-corrected chi connectivity index (χ2v) is 4.73. The lowest BCUT2D eigenvalue weighted by atomic mass is 10.1. The van der Waals surface area contributed by atoms with Gasteiger partial charge in [-0.3, -0.25) is 4.79 Å². The summed E-state index contributed by atoms with van der Waals surface area (Å²) >= 11 is 0. The zero-order valence-electron chi connectivity index (χ0n) is 10.3. The molecule has 2 heterocycles. The van der Waals surface area contributed by atoms with Crippen molar-refractivity contribution in [2.45, 2.75) is 25.9 Å². The van der Waals surface area contributed by atoms with Crippen LogP contribution in [0.5, 0.6) is 0 Å². The second kappa shape index (κ2) is 4.33. The van der Waals surface area contributed by atoms with Crippen LogP contribution in [0, 0.1) is 0 Å². The van der Waals surface area contributed by atoms with Gasteiger partial charge in [-0.2, -0.15) is 0 Å². The number of benzene rings is 1. The Balaban J connectivity index is 1.86. The molecule has 1 aromatic heterocycles. The molecule has 1 unspecified atom stereocenters. The van der Waals surface area contributed by atoms with E-state index in [1.807, 2.05) is 6.07 Å². The normalized spacial score (nSPS) is 17.8. The molecule has 0 amide bonds.